The third-order valence-corrected chi connectivity index (χ3v) is 4.10. The number of thiophene rings is 1. The first-order valence-corrected chi connectivity index (χ1v) is 7.13. The molecule has 0 saturated heterocycles. The van der Waals surface area contributed by atoms with E-state index in [9.17, 15) is 9.18 Å². The first-order valence-electron chi connectivity index (χ1n) is 6.25. The molecular weight excluding hydrogens is 291 g/mol. The summed E-state index contributed by atoms with van der Waals surface area (Å²) in [7, 11) is 0. The fraction of sp³-hybridized carbons (Fsp3) is 0.0625. The molecule has 1 heterocycles. The Kier molecular flexibility index (Phi) is 3.58. The third kappa shape index (κ3) is 2.87. The van der Waals surface area contributed by atoms with Crippen LogP contribution in [0, 0.1) is 5.82 Å². The van der Waals surface area contributed by atoms with Crippen molar-refractivity contribution in [2.75, 3.05) is 0 Å². The van der Waals surface area contributed by atoms with E-state index in [4.69, 9.17) is 9.84 Å². The molecule has 0 aliphatic carbocycles. The van der Waals surface area contributed by atoms with E-state index in [1.807, 2.05) is 5.38 Å². The van der Waals surface area contributed by atoms with E-state index in [1.54, 1.807) is 30.3 Å². The lowest BCUT2D eigenvalue weighted by Crippen LogP contribution is -1.97. The van der Waals surface area contributed by atoms with Crippen molar-refractivity contribution in [3.05, 3.63) is 64.8 Å². The monoisotopic (exact) mass is 302 g/mol. The Labute approximate surface area is 124 Å². The van der Waals surface area contributed by atoms with Crippen LogP contribution < -0.4 is 4.74 Å². The summed E-state index contributed by atoms with van der Waals surface area (Å²) in [6.45, 7) is 0.270. The summed E-state index contributed by atoms with van der Waals surface area (Å²) in [6, 6.07) is 10.9. The molecule has 3 aromatic rings. The van der Waals surface area contributed by atoms with Crippen molar-refractivity contribution >= 4 is 27.4 Å². The van der Waals surface area contributed by atoms with Gasteiger partial charge in [0.25, 0.3) is 0 Å². The van der Waals surface area contributed by atoms with E-state index >= 15 is 0 Å². The zero-order valence-corrected chi connectivity index (χ0v) is 11.7. The van der Waals surface area contributed by atoms with Gasteiger partial charge in [-0.15, -0.1) is 11.3 Å². The lowest BCUT2D eigenvalue weighted by molar-refractivity contribution is 0.0697. The molecule has 106 valence electrons. The minimum Gasteiger partial charge on any atom is -0.489 e. The number of fused-ring (bicyclic) bond motifs is 1. The predicted molar refractivity (Wildman–Crippen MR) is 79.5 cm³/mol. The topological polar surface area (TPSA) is 46.5 Å². The van der Waals surface area contributed by atoms with Gasteiger partial charge < -0.3 is 9.84 Å². The normalized spacial score (nSPS) is 10.7. The number of aromatic carboxylic acids is 1. The molecule has 0 spiro atoms. The van der Waals surface area contributed by atoms with Crippen molar-refractivity contribution in [2.24, 2.45) is 0 Å². The van der Waals surface area contributed by atoms with Gasteiger partial charge in [-0.05, 0) is 41.1 Å². The number of hydrogen-bond donors (Lipinski definition) is 1. The Morgan fingerprint density at radius 2 is 2.10 bits per heavy atom. The smallest absolute Gasteiger partial charge is 0.335 e. The standard InChI is InChI=1S/C16H11FO3S/c17-12-2-1-3-13(7-12)20-8-11-9-21-15-5-4-10(16(18)19)6-14(11)15/h1-7,9H,8H2,(H,18,19). The Balaban J connectivity index is 1.86. The van der Waals surface area contributed by atoms with Gasteiger partial charge in [0.2, 0.25) is 0 Å². The first kappa shape index (κ1) is 13.6. The molecule has 1 N–H and O–H groups in total. The van der Waals surface area contributed by atoms with Crippen molar-refractivity contribution in [3.63, 3.8) is 0 Å². The van der Waals surface area contributed by atoms with Crippen molar-refractivity contribution in [3.8, 4) is 5.75 Å². The summed E-state index contributed by atoms with van der Waals surface area (Å²) < 4.78 is 19.6. The second kappa shape index (κ2) is 5.54. The zero-order chi connectivity index (χ0) is 14.8. The van der Waals surface area contributed by atoms with Gasteiger partial charge in [0.15, 0.2) is 0 Å². The van der Waals surface area contributed by atoms with Gasteiger partial charge in [-0.3, -0.25) is 0 Å². The van der Waals surface area contributed by atoms with E-state index in [1.165, 1.54) is 23.5 Å². The lowest BCUT2D eigenvalue weighted by atomic mass is 10.1. The molecule has 2 aromatic carbocycles. The summed E-state index contributed by atoms with van der Waals surface area (Å²) in [5.74, 6) is -0.861. The first-order chi connectivity index (χ1) is 10.1. The summed E-state index contributed by atoms with van der Waals surface area (Å²) in [4.78, 5) is 11.0. The van der Waals surface area contributed by atoms with E-state index in [0.29, 0.717) is 5.75 Å². The zero-order valence-electron chi connectivity index (χ0n) is 10.9. The van der Waals surface area contributed by atoms with Gasteiger partial charge in [-0.1, -0.05) is 6.07 Å². The van der Waals surface area contributed by atoms with Gasteiger partial charge in [0, 0.05) is 16.3 Å². The molecule has 0 bridgehead atoms. The van der Waals surface area contributed by atoms with E-state index < -0.39 is 5.97 Å². The Bertz CT molecular complexity index is 810. The SMILES string of the molecule is O=C(O)c1ccc2scc(COc3cccc(F)c3)c2c1. The lowest BCUT2D eigenvalue weighted by Gasteiger charge is -2.05. The minimum atomic E-state index is -0.958. The molecule has 0 aliphatic rings. The average molecular weight is 302 g/mol. The Morgan fingerprint density at radius 3 is 2.86 bits per heavy atom. The van der Waals surface area contributed by atoms with E-state index in [0.717, 1.165) is 15.6 Å². The minimum absolute atomic E-state index is 0.243. The highest BCUT2D eigenvalue weighted by molar-refractivity contribution is 7.17. The number of carboxylic acid groups (broad SMARTS) is 1. The fourth-order valence-electron chi connectivity index (χ4n) is 2.04. The summed E-state index contributed by atoms with van der Waals surface area (Å²) >= 11 is 1.53. The molecule has 0 aliphatic heterocycles. The molecule has 5 heteroatoms. The molecule has 0 fully saturated rings. The Hall–Kier alpha value is -2.40. The van der Waals surface area contributed by atoms with Crippen LogP contribution in [-0.2, 0) is 6.61 Å². The predicted octanol–water partition coefficient (Wildman–Crippen LogP) is 4.32. The van der Waals surface area contributed by atoms with Crippen LogP contribution in [0.1, 0.15) is 15.9 Å². The van der Waals surface area contributed by atoms with Crippen molar-refractivity contribution in [1.82, 2.24) is 0 Å². The van der Waals surface area contributed by atoms with E-state index in [-0.39, 0.29) is 18.0 Å². The number of carboxylic acids is 1. The van der Waals surface area contributed by atoms with E-state index in [2.05, 4.69) is 0 Å². The molecule has 0 atom stereocenters. The molecule has 0 unspecified atom stereocenters. The van der Waals surface area contributed by atoms with Crippen LogP contribution in [0.15, 0.2) is 47.8 Å². The number of halogens is 1. The molecule has 1 aromatic heterocycles. The summed E-state index contributed by atoms with van der Waals surface area (Å²) in [6.07, 6.45) is 0. The molecule has 21 heavy (non-hydrogen) atoms. The number of ether oxygens (including phenoxy) is 1. The molecule has 3 nitrogen and oxygen atoms in total. The molecule has 0 radical (unpaired) electrons. The van der Waals surface area contributed by atoms with Crippen LogP contribution in [0.4, 0.5) is 4.39 Å². The Morgan fingerprint density at radius 1 is 1.24 bits per heavy atom. The van der Waals surface area contributed by atoms with Gasteiger partial charge in [0.05, 0.1) is 5.56 Å². The molecule has 0 amide bonds. The second-order valence-electron chi connectivity index (χ2n) is 4.52. The number of rotatable bonds is 4. The third-order valence-electron chi connectivity index (χ3n) is 3.09. The van der Waals surface area contributed by atoms with Crippen LogP contribution >= 0.6 is 11.3 Å². The summed E-state index contributed by atoms with van der Waals surface area (Å²) in [5.41, 5.74) is 1.13. The summed E-state index contributed by atoms with van der Waals surface area (Å²) in [5, 5.41) is 11.8. The van der Waals surface area contributed by atoms with Gasteiger partial charge in [-0.25, -0.2) is 9.18 Å². The fourth-order valence-corrected chi connectivity index (χ4v) is 2.97. The van der Waals surface area contributed by atoms with Crippen molar-refractivity contribution in [2.45, 2.75) is 6.61 Å². The van der Waals surface area contributed by atoms with Crippen molar-refractivity contribution in [1.29, 1.82) is 0 Å². The number of hydrogen-bond acceptors (Lipinski definition) is 3. The van der Waals surface area contributed by atoms with Crippen LogP contribution in [-0.4, -0.2) is 11.1 Å². The van der Waals surface area contributed by atoms with Crippen LogP contribution in [0.25, 0.3) is 10.1 Å². The van der Waals surface area contributed by atoms with Gasteiger partial charge in [0.1, 0.15) is 18.2 Å². The maximum Gasteiger partial charge on any atom is 0.335 e. The molecule has 0 saturated carbocycles. The van der Waals surface area contributed by atoms with Crippen molar-refractivity contribution < 1.29 is 19.0 Å². The van der Waals surface area contributed by atoms with Gasteiger partial charge in [-0.2, -0.15) is 0 Å². The van der Waals surface area contributed by atoms with Crippen LogP contribution in [0.5, 0.6) is 5.75 Å². The highest BCUT2D eigenvalue weighted by atomic mass is 32.1. The largest absolute Gasteiger partial charge is 0.489 e. The van der Waals surface area contributed by atoms with Crippen LogP contribution in [0.3, 0.4) is 0 Å². The highest BCUT2D eigenvalue weighted by Gasteiger charge is 2.09. The maximum absolute atomic E-state index is 13.1. The number of benzene rings is 2. The number of carbonyl (C=O) groups is 1. The van der Waals surface area contributed by atoms with Crippen LogP contribution in [0.2, 0.25) is 0 Å². The maximum atomic E-state index is 13.1. The molecule has 3 rings (SSSR count). The quantitative estimate of drug-likeness (QED) is 0.781. The molecular formula is C16H11FO3S. The van der Waals surface area contributed by atoms with Gasteiger partial charge >= 0.3 is 5.97 Å². The average Bonchev–Trinajstić information content (AvgIpc) is 2.87. The highest BCUT2D eigenvalue weighted by Crippen LogP contribution is 2.28. The second-order valence-corrected chi connectivity index (χ2v) is 5.43.